The summed E-state index contributed by atoms with van der Waals surface area (Å²) in [5.41, 5.74) is 5.13. The highest BCUT2D eigenvalue weighted by atomic mass is 16.1. The lowest BCUT2D eigenvalue weighted by Crippen LogP contribution is -2.22. The Labute approximate surface area is 160 Å². The smallest absolute Gasteiger partial charge is 0.251 e. The number of carbonyl (C=O) groups excluding carboxylic acids is 1. The summed E-state index contributed by atoms with van der Waals surface area (Å²) in [5.74, 6) is -0.0521. The standard InChI is InChI=1S/C23H27N3O/c1-2-17-8-10-18(11-9-17)15-24-23(27)19-12-13-22-21(14-19)25-16-26(22)20-6-4-3-5-7-20/h8-14,16,20H,2-7,15H2,1H3,(H,24,27). The van der Waals surface area contributed by atoms with Crippen molar-refractivity contribution < 1.29 is 4.79 Å². The zero-order valence-corrected chi connectivity index (χ0v) is 15.9. The SMILES string of the molecule is CCc1ccc(CNC(=O)c2ccc3c(c2)ncn3C2CCCCC2)cc1. The topological polar surface area (TPSA) is 46.9 Å². The summed E-state index contributed by atoms with van der Waals surface area (Å²) >= 11 is 0. The van der Waals surface area contributed by atoms with Crippen LogP contribution in [-0.4, -0.2) is 15.5 Å². The second-order valence-corrected chi connectivity index (χ2v) is 7.50. The number of benzene rings is 2. The largest absolute Gasteiger partial charge is 0.348 e. The molecule has 0 saturated heterocycles. The number of carbonyl (C=O) groups is 1. The van der Waals surface area contributed by atoms with Gasteiger partial charge in [-0.25, -0.2) is 4.98 Å². The lowest BCUT2D eigenvalue weighted by Gasteiger charge is -2.23. The van der Waals surface area contributed by atoms with Gasteiger partial charge in [0.15, 0.2) is 0 Å². The maximum absolute atomic E-state index is 12.5. The predicted octanol–water partition coefficient (Wildman–Crippen LogP) is 5.03. The Hall–Kier alpha value is -2.62. The first-order valence-electron chi connectivity index (χ1n) is 10.1. The van der Waals surface area contributed by atoms with Gasteiger partial charge in [-0.2, -0.15) is 0 Å². The number of nitrogens with zero attached hydrogens (tertiary/aromatic N) is 2. The van der Waals surface area contributed by atoms with E-state index in [1.807, 2.05) is 24.5 Å². The van der Waals surface area contributed by atoms with Crippen LogP contribution in [0.2, 0.25) is 0 Å². The van der Waals surface area contributed by atoms with Crippen LogP contribution in [0.25, 0.3) is 11.0 Å². The summed E-state index contributed by atoms with van der Waals surface area (Å²) in [4.78, 5) is 17.1. The first kappa shape index (κ1) is 17.8. The van der Waals surface area contributed by atoms with Crippen molar-refractivity contribution in [3.05, 3.63) is 65.5 Å². The number of imidazole rings is 1. The Morgan fingerprint density at radius 1 is 1.07 bits per heavy atom. The molecule has 1 aliphatic rings. The summed E-state index contributed by atoms with van der Waals surface area (Å²) in [5, 5.41) is 3.01. The molecular formula is C23H27N3O. The quantitative estimate of drug-likeness (QED) is 0.692. The van der Waals surface area contributed by atoms with Gasteiger partial charge in [-0.1, -0.05) is 50.5 Å². The van der Waals surface area contributed by atoms with Crippen LogP contribution in [-0.2, 0) is 13.0 Å². The summed E-state index contributed by atoms with van der Waals surface area (Å²) in [6.45, 7) is 2.68. The molecule has 0 radical (unpaired) electrons. The normalized spacial score (nSPS) is 15.1. The van der Waals surface area contributed by atoms with Crippen molar-refractivity contribution in [2.45, 2.75) is 58.0 Å². The highest BCUT2D eigenvalue weighted by molar-refractivity contribution is 5.97. The number of nitrogens with one attached hydrogen (secondary N) is 1. The van der Waals surface area contributed by atoms with Crippen LogP contribution < -0.4 is 5.32 Å². The van der Waals surface area contributed by atoms with Crippen LogP contribution in [0.1, 0.15) is 66.6 Å². The van der Waals surface area contributed by atoms with E-state index in [2.05, 4.69) is 46.1 Å². The maximum atomic E-state index is 12.5. The molecule has 1 amide bonds. The number of aromatic nitrogens is 2. The predicted molar refractivity (Wildman–Crippen MR) is 109 cm³/mol. The molecule has 1 aromatic heterocycles. The molecule has 1 fully saturated rings. The van der Waals surface area contributed by atoms with Crippen LogP contribution in [0.4, 0.5) is 0 Å². The second kappa shape index (κ2) is 7.95. The maximum Gasteiger partial charge on any atom is 0.251 e. The Morgan fingerprint density at radius 2 is 1.81 bits per heavy atom. The molecule has 140 valence electrons. The van der Waals surface area contributed by atoms with Gasteiger partial charge in [-0.15, -0.1) is 0 Å². The number of aryl methyl sites for hydroxylation is 1. The number of hydrogen-bond acceptors (Lipinski definition) is 2. The second-order valence-electron chi connectivity index (χ2n) is 7.50. The van der Waals surface area contributed by atoms with Gasteiger partial charge < -0.3 is 9.88 Å². The fourth-order valence-corrected chi connectivity index (χ4v) is 4.00. The molecule has 1 aliphatic carbocycles. The van der Waals surface area contributed by atoms with Crippen molar-refractivity contribution in [2.24, 2.45) is 0 Å². The van der Waals surface area contributed by atoms with Crippen LogP contribution in [0.5, 0.6) is 0 Å². The van der Waals surface area contributed by atoms with Gasteiger partial charge >= 0.3 is 0 Å². The summed E-state index contributed by atoms with van der Waals surface area (Å²) in [6, 6.07) is 14.8. The van der Waals surface area contributed by atoms with Crippen molar-refractivity contribution >= 4 is 16.9 Å². The molecular weight excluding hydrogens is 334 g/mol. The van der Waals surface area contributed by atoms with Gasteiger partial charge in [0.25, 0.3) is 5.91 Å². The zero-order chi connectivity index (χ0) is 18.6. The van der Waals surface area contributed by atoms with Crippen LogP contribution in [0, 0.1) is 0 Å². The third-order valence-corrected chi connectivity index (χ3v) is 5.69. The zero-order valence-electron chi connectivity index (χ0n) is 15.9. The highest BCUT2D eigenvalue weighted by Gasteiger charge is 2.18. The molecule has 4 nitrogen and oxygen atoms in total. The number of fused-ring (bicyclic) bond motifs is 1. The van der Waals surface area contributed by atoms with E-state index < -0.39 is 0 Å². The molecule has 1 heterocycles. The van der Waals surface area contributed by atoms with E-state index in [4.69, 9.17) is 0 Å². The first-order valence-corrected chi connectivity index (χ1v) is 10.1. The van der Waals surface area contributed by atoms with E-state index in [9.17, 15) is 4.79 Å². The molecule has 0 unspecified atom stereocenters. The molecule has 2 aromatic carbocycles. The minimum absolute atomic E-state index is 0.0521. The first-order chi connectivity index (χ1) is 13.2. The molecule has 4 heteroatoms. The number of amides is 1. The summed E-state index contributed by atoms with van der Waals surface area (Å²) < 4.78 is 2.30. The van der Waals surface area contributed by atoms with E-state index in [1.165, 1.54) is 37.7 Å². The average molecular weight is 361 g/mol. The Morgan fingerprint density at radius 3 is 2.56 bits per heavy atom. The highest BCUT2D eigenvalue weighted by Crippen LogP contribution is 2.30. The van der Waals surface area contributed by atoms with Crippen molar-refractivity contribution in [1.29, 1.82) is 0 Å². The molecule has 3 aromatic rings. The molecule has 1 N–H and O–H groups in total. The van der Waals surface area contributed by atoms with Gasteiger partial charge in [-0.3, -0.25) is 4.79 Å². The van der Waals surface area contributed by atoms with Crippen molar-refractivity contribution in [2.75, 3.05) is 0 Å². The summed E-state index contributed by atoms with van der Waals surface area (Å²) in [6.07, 6.45) is 9.36. The van der Waals surface area contributed by atoms with Gasteiger partial charge in [0.1, 0.15) is 0 Å². The molecule has 1 saturated carbocycles. The minimum Gasteiger partial charge on any atom is -0.348 e. The van der Waals surface area contributed by atoms with E-state index in [0.29, 0.717) is 18.2 Å². The number of hydrogen-bond donors (Lipinski definition) is 1. The third-order valence-electron chi connectivity index (χ3n) is 5.69. The Kier molecular flexibility index (Phi) is 5.23. The van der Waals surface area contributed by atoms with Gasteiger partial charge in [-0.05, 0) is 48.6 Å². The molecule has 0 aliphatic heterocycles. The molecule has 27 heavy (non-hydrogen) atoms. The Balaban J connectivity index is 1.45. The fraction of sp³-hybridized carbons (Fsp3) is 0.391. The van der Waals surface area contributed by atoms with Gasteiger partial charge in [0, 0.05) is 18.2 Å². The molecule has 4 rings (SSSR count). The minimum atomic E-state index is -0.0521. The van der Waals surface area contributed by atoms with Crippen LogP contribution in [0.15, 0.2) is 48.8 Å². The molecule has 0 bridgehead atoms. The fourth-order valence-electron chi connectivity index (χ4n) is 4.00. The lowest BCUT2D eigenvalue weighted by molar-refractivity contribution is 0.0951. The molecule has 0 spiro atoms. The number of rotatable bonds is 5. The summed E-state index contributed by atoms with van der Waals surface area (Å²) in [7, 11) is 0. The third kappa shape index (κ3) is 3.90. The average Bonchev–Trinajstić information content (AvgIpc) is 3.16. The van der Waals surface area contributed by atoms with Crippen LogP contribution >= 0.6 is 0 Å². The van der Waals surface area contributed by atoms with E-state index in [0.717, 1.165) is 23.0 Å². The van der Waals surface area contributed by atoms with E-state index >= 15 is 0 Å². The van der Waals surface area contributed by atoms with Crippen LogP contribution in [0.3, 0.4) is 0 Å². The van der Waals surface area contributed by atoms with Gasteiger partial charge in [0.2, 0.25) is 0 Å². The van der Waals surface area contributed by atoms with E-state index in [1.54, 1.807) is 0 Å². The van der Waals surface area contributed by atoms with Crippen molar-refractivity contribution in [3.63, 3.8) is 0 Å². The monoisotopic (exact) mass is 361 g/mol. The van der Waals surface area contributed by atoms with Crippen molar-refractivity contribution in [3.8, 4) is 0 Å². The lowest BCUT2D eigenvalue weighted by atomic mass is 9.95. The van der Waals surface area contributed by atoms with Crippen molar-refractivity contribution in [1.82, 2.24) is 14.9 Å². The Bertz CT molecular complexity index is 920. The van der Waals surface area contributed by atoms with Gasteiger partial charge in [0.05, 0.1) is 17.4 Å². The van der Waals surface area contributed by atoms with E-state index in [-0.39, 0.29) is 5.91 Å². The molecule has 0 atom stereocenters.